The summed E-state index contributed by atoms with van der Waals surface area (Å²) in [5.74, 6) is 0. The third-order valence-corrected chi connectivity index (χ3v) is 3.73. The number of rotatable bonds is 0. The van der Waals surface area contributed by atoms with E-state index in [1.807, 2.05) is 6.92 Å². The average Bonchev–Trinajstić information content (AvgIpc) is 2.29. The molecule has 0 saturated carbocycles. The second kappa shape index (κ2) is 2.67. The fourth-order valence-electron chi connectivity index (χ4n) is 0.981. The molecule has 0 N–H and O–H groups in total. The van der Waals surface area contributed by atoms with Crippen LogP contribution in [-0.2, 0) is 0 Å². The van der Waals surface area contributed by atoms with Gasteiger partial charge in [-0.05, 0) is 22.9 Å². The highest BCUT2D eigenvalue weighted by Crippen LogP contribution is 2.23. The van der Waals surface area contributed by atoms with Crippen molar-refractivity contribution in [1.82, 2.24) is 9.38 Å². The van der Waals surface area contributed by atoms with Gasteiger partial charge in [-0.1, -0.05) is 0 Å². The molecule has 0 aromatic carbocycles. The van der Waals surface area contributed by atoms with Crippen molar-refractivity contribution >= 4 is 32.2 Å². The van der Waals surface area contributed by atoms with Crippen LogP contribution in [0.15, 0.2) is 21.7 Å². The van der Waals surface area contributed by atoms with Gasteiger partial charge in [0.1, 0.15) is 4.60 Å². The minimum atomic E-state index is -0.0452. The Morgan fingerprint density at radius 3 is 3.08 bits per heavy atom. The molecule has 0 atom stereocenters. The van der Waals surface area contributed by atoms with E-state index >= 15 is 0 Å². The van der Waals surface area contributed by atoms with Crippen molar-refractivity contribution < 1.29 is 0 Å². The Hall–Kier alpha value is -0.680. The van der Waals surface area contributed by atoms with Crippen LogP contribution in [0.2, 0.25) is 0 Å². The summed E-state index contributed by atoms with van der Waals surface area (Å²) < 4.78 is 2.36. The fourth-order valence-corrected chi connectivity index (χ4v) is 2.52. The Bertz CT molecular complexity index is 488. The molecule has 0 aliphatic heterocycles. The van der Waals surface area contributed by atoms with Crippen LogP contribution in [0.1, 0.15) is 4.88 Å². The van der Waals surface area contributed by atoms with Crippen molar-refractivity contribution in [3.63, 3.8) is 0 Å². The maximum Gasteiger partial charge on any atom is 0.259 e. The lowest BCUT2D eigenvalue weighted by Crippen LogP contribution is -2.10. The lowest BCUT2D eigenvalue weighted by Gasteiger charge is -1.90. The highest BCUT2D eigenvalue weighted by atomic mass is 79.9. The zero-order valence-corrected chi connectivity index (χ0v) is 8.65. The molecule has 0 unspecified atom stereocenters. The minimum Gasteiger partial charge on any atom is -0.269 e. The maximum absolute atomic E-state index is 11.3. The molecule has 5 heteroatoms. The standard InChI is InChI=1S/C7H5BrN2OS/c1-4-6(8)10-5(11)2-3-9-7(10)12-4/h2-3H,1H3. The summed E-state index contributed by atoms with van der Waals surface area (Å²) in [7, 11) is 0. The second-order valence-electron chi connectivity index (χ2n) is 2.35. The van der Waals surface area contributed by atoms with E-state index in [1.165, 1.54) is 23.6 Å². The average molecular weight is 245 g/mol. The van der Waals surface area contributed by atoms with Gasteiger partial charge in [-0.2, -0.15) is 0 Å². The first-order valence-corrected chi connectivity index (χ1v) is 4.94. The predicted molar refractivity (Wildman–Crippen MR) is 51.8 cm³/mol. The molecule has 0 fully saturated rings. The highest BCUT2D eigenvalue weighted by molar-refractivity contribution is 9.10. The first kappa shape index (κ1) is 7.94. The van der Waals surface area contributed by atoms with E-state index in [0.29, 0.717) is 0 Å². The van der Waals surface area contributed by atoms with E-state index in [1.54, 1.807) is 4.40 Å². The SMILES string of the molecule is Cc1sc2nccc(=O)n2c1Br. The number of nitrogens with zero attached hydrogens (tertiary/aromatic N) is 2. The van der Waals surface area contributed by atoms with Gasteiger partial charge in [0.2, 0.25) is 0 Å². The molecule has 0 amide bonds. The molecular weight excluding hydrogens is 240 g/mol. The van der Waals surface area contributed by atoms with Crippen LogP contribution in [0.3, 0.4) is 0 Å². The minimum absolute atomic E-state index is 0.0452. The number of aryl methyl sites for hydroxylation is 1. The van der Waals surface area contributed by atoms with E-state index in [9.17, 15) is 4.79 Å². The number of hydrogen-bond donors (Lipinski definition) is 0. The zero-order chi connectivity index (χ0) is 8.72. The van der Waals surface area contributed by atoms with Crippen molar-refractivity contribution in [2.75, 3.05) is 0 Å². The van der Waals surface area contributed by atoms with Crippen LogP contribution in [0.5, 0.6) is 0 Å². The van der Waals surface area contributed by atoms with Crippen LogP contribution in [0.4, 0.5) is 0 Å². The summed E-state index contributed by atoms with van der Waals surface area (Å²) >= 11 is 4.83. The Morgan fingerprint density at radius 2 is 2.42 bits per heavy atom. The summed E-state index contributed by atoms with van der Waals surface area (Å²) in [6.45, 7) is 1.95. The normalized spacial score (nSPS) is 10.8. The Morgan fingerprint density at radius 1 is 1.67 bits per heavy atom. The Labute approximate surface area is 80.8 Å². The topological polar surface area (TPSA) is 34.4 Å². The molecule has 0 bridgehead atoms. The van der Waals surface area contributed by atoms with E-state index in [0.717, 1.165) is 14.4 Å². The number of halogens is 1. The molecule has 0 saturated heterocycles. The molecule has 2 aromatic rings. The molecule has 62 valence electrons. The van der Waals surface area contributed by atoms with Gasteiger partial charge in [0, 0.05) is 17.1 Å². The van der Waals surface area contributed by atoms with E-state index < -0.39 is 0 Å². The van der Waals surface area contributed by atoms with Gasteiger partial charge in [0.25, 0.3) is 5.56 Å². The molecule has 2 rings (SSSR count). The fraction of sp³-hybridized carbons (Fsp3) is 0.143. The van der Waals surface area contributed by atoms with E-state index in [2.05, 4.69) is 20.9 Å². The highest BCUT2D eigenvalue weighted by Gasteiger charge is 2.06. The zero-order valence-electron chi connectivity index (χ0n) is 6.24. The molecule has 2 aromatic heterocycles. The number of thiazole rings is 1. The molecule has 0 radical (unpaired) electrons. The number of aromatic nitrogens is 2. The lowest BCUT2D eigenvalue weighted by molar-refractivity contribution is 1.04. The van der Waals surface area contributed by atoms with Gasteiger partial charge < -0.3 is 0 Å². The van der Waals surface area contributed by atoms with Gasteiger partial charge >= 0.3 is 0 Å². The van der Waals surface area contributed by atoms with E-state index in [-0.39, 0.29) is 5.56 Å². The molecule has 3 nitrogen and oxygen atoms in total. The molecule has 12 heavy (non-hydrogen) atoms. The van der Waals surface area contributed by atoms with Crippen molar-refractivity contribution in [2.45, 2.75) is 6.92 Å². The maximum atomic E-state index is 11.3. The van der Waals surface area contributed by atoms with E-state index in [4.69, 9.17) is 0 Å². The Balaban J connectivity index is 3.07. The van der Waals surface area contributed by atoms with Gasteiger partial charge in [0.05, 0.1) is 0 Å². The van der Waals surface area contributed by atoms with Crippen LogP contribution < -0.4 is 5.56 Å². The first-order chi connectivity index (χ1) is 5.70. The van der Waals surface area contributed by atoms with Crippen molar-refractivity contribution in [2.24, 2.45) is 0 Å². The van der Waals surface area contributed by atoms with Gasteiger partial charge in [-0.3, -0.25) is 4.79 Å². The third-order valence-electron chi connectivity index (χ3n) is 1.54. The number of fused-ring (bicyclic) bond motifs is 1. The van der Waals surface area contributed by atoms with Crippen molar-refractivity contribution in [1.29, 1.82) is 0 Å². The van der Waals surface area contributed by atoms with Crippen molar-refractivity contribution in [3.05, 3.63) is 32.1 Å². The lowest BCUT2D eigenvalue weighted by atomic mass is 10.6. The Kier molecular flexibility index (Phi) is 1.77. The summed E-state index contributed by atoms with van der Waals surface area (Å²) in [5.41, 5.74) is -0.0452. The second-order valence-corrected chi connectivity index (χ2v) is 4.28. The summed E-state index contributed by atoms with van der Waals surface area (Å²) in [6, 6.07) is 1.45. The summed E-state index contributed by atoms with van der Waals surface area (Å²) in [5, 5.41) is 0. The van der Waals surface area contributed by atoms with Crippen LogP contribution >= 0.6 is 27.3 Å². The van der Waals surface area contributed by atoms with Crippen LogP contribution in [-0.4, -0.2) is 9.38 Å². The predicted octanol–water partition coefficient (Wildman–Crippen LogP) is 1.83. The largest absolute Gasteiger partial charge is 0.269 e. The molecular formula is C7H5BrN2OS. The summed E-state index contributed by atoms with van der Waals surface area (Å²) in [6.07, 6.45) is 1.53. The first-order valence-electron chi connectivity index (χ1n) is 3.33. The third kappa shape index (κ3) is 1.01. The summed E-state index contributed by atoms with van der Waals surface area (Å²) in [4.78, 5) is 17.2. The van der Waals surface area contributed by atoms with Crippen molar-refractivity contribution in [3.8, 4) is 0 Å². The molecule has 2 heterocycles. The smallest absolute Gasteiger partial charge is 0.259 e. The monoisotopic (exact) mass is 244 g/mol. The quantitative estimate of drug-likeness (QED) is 0.709. The van der Waals surface area contributed by atoms with Crippen LogP contribution in [0, 0.1) is 6.92 Å². The van der Waals surface area contributed by atoms with Gasteiger partial charge in [-0.15, -0.1) is 11.3 Å². The van der Waals surface area contributed by atoms with Gasteiger partial charge in [0.15, 0.2) is 4.96 Å². The van der Waals surface area contributed by atoms with Crippen LogP contribution in [0.25, 0.3) is 4.96 Å². The molecule has 0 spiro atoms. The van der Waals surface area contributed by atoms with Gasteiger partial charge in [-0.25, -0.2) is 9.38 Å². The molecule has 0 aliphatic carbocycles. The number of hydrogen-bond acceptors (Lipinski definition) is 3. The molecule has 0 aliphatic rings.